The lowest BCUT2D eigenvalue weighted by Crippen LogP contribution is -2.39. The van der Waals surface area contributed by atoms with Crippen LogP contribution in [0.3, 0.4) is 0 Å². The monoisotopic (exact) mass is 200 g/mol. The second-order valence-electron chi connectivity index (χ2n) is 3.50. The second kappa shape index (κ2) is 4.95. The highest BCUT2D eigenvalue weighted by Gasteiger charge is 2.19. The number of hydrogen-bond acceptors (Lipinski definition) is 3. The van der Waals surface area contributed by atoms with Gasteiger partial charge in [0.2, 0.25) is 5.91 Å². The van der Waals surface area contributed by atoms with Crippen molar-refractivity contribution >= 4 is 11.9 Å². The van der Waals surface area contributed by atoms with Gasteiger partial charge in [-0.3, -0.25) is 9.59 Å². The largest absolute Gasteiger partial charge is 0.480 e. The Labute approximate surface area is 83.1 Å². The molecule has 5 heteroatoms. The lowest BCUT2D eigenvalue weighted by Gasteiger charge is -2.16. The topological polar surface area (TPSA) is 69.6 Å². The van der Waals surface area contributed by atoms with Crippen molar-refractivity contribution in [2.45, 2.75) is 25.8 Å². The number of nitrogens with one attached hydrogen (secondary N) is 1. The van der Waals surface area contributed by atoms with E-state index in [0.717, 1.165) is 13.0 Å². The van der Waals surface area contributed by atoms with Crippen molar-refractivity contribution in [1.82, 2.24) is 10.2 Å². The predicted octanol–water partition coefficient (Wildman–Crippen LogP) is -0.328. The molecule has 1 atom stereocenters. The minimum atomic E-state index is -0.863. The molecule has 0 aromatic rings. The Kier molecular flexibility index (Phi) is 3.88. The van der Waals surface area contributed by atoms with E-state index in [1.807, 2.05) is 0 Å². The highest BCUT2D eigenvalue weighted by Crippen LogP contribution is 2.07. The van der Waals surface area contributed by atoms with E-state index in [2.05, 4.69) is 5.32 Å². The van der Waals surface area contributed by atoms with E-state index in [4.69, 9.17) is 5.11 Å². The van der Waals surface area contributed by atoms with E-state index in [9.17, 15) is 9.59 Å². The summed E-state index contributed by atoms with van der Waals surface area (Å²) in [5.74, 6) is -0.687. The number of carbonyl (C=O) groups excluding carboxylic acids is 1. The SMILES string of the molecule is CC(NCCN1CCCC1=O)C(=O)O. The number of carboxylic acids is 1. The first-order valence-corrected chi connectivity index (χ1v) is 4.85. The van der Waals surface area contributed by atoms with Crippen molar-refractivity contribution in [3.63, 3.8) is 0 Å². The van der Waals surface area contributed by atoms with Crippen LogP contribution in [0.2, 0.25) is 0 Å². The summed E-state index contributed by atoms with van der Waals surface area (Å²) in [6.45, 7) is 3.55. The summed E-state index contributed by atoms with van der Waals surface area (Å²) in [6.07, 6.45) is 1.56. The van der Waals surface area contributed by atoms with Gasteiger partial charge in [0.15, 0.2) is 0 Å². The molecule has 1 fully saturated rings. The number of carboxylic acid groups (broad SMARTS) is 1. The molecule has 1 heterocycles. The van der Waals surface area contributed by atoms with Crippen molar-refractivity contribution in [1.29, 1.82) is 0 Å². The van der Waals surface area contributed by atoms with Crippen LogP contribution in [0, 0.1) is 0 Å². The van der Waals surface area contributed by atoms with Crippen LogP contribution in [0.1, 0.15) is 19.8 Å². The predicted molar refractivity (Wildman–Crippen MR) is 50.9 cm³/mol. The third-order valence-corrected chi connectivity index (χ3v) is 2.37. The Morgan fingerprint density at radius 3 is 2.93 bits per heavy atom. The Bertz CT molecular complexity index is 230. The minimum absolute atomic E-state index is 0.176. The summed E-state index contributed by atoms with van der Waals surface area (Å²) in [6, 6.07) is -0.548. The molecular formula is C9H16N2O3. The van der Waals surface area contributed by atoms with Gasteiger partial charge in [-0.05, 0) is 13.3 Å². The van der Waals surface area contributed by atoms with E-state index >= 15 is 0 Å². The van der Waals surface area contributed by atoms with Gasteiger partial charge in [-0.15, -0.1) is 0 Å². The third-order valence-electron chi connectivity index (χ3n) is 2.37. The van der Waals surface area contributed by atoms with Crippen LogP contribution < -0.4 is 5.32 Å². The van der Waals surface area contributed by atoms with Crippen molar-refractivity contribution in [3.8, 4) is 0 Å². The summed E-state index contributed by atoms with van der Waals surface area (Å²) < 4.78 is 0. The van der Waals surface area contributed by atoms with Crippen LogP contribution in [-0.2, 0) is 9.59 Å². The van der Waals surface area contributed by atoms with Crippen LogP contribution in [0.4, 0.5) is 0 Å². The molecule has 1 aliphatic heterocycles. The summed E-state index contributed by atoms with van der Waals surface area (Å²) in [7, 11) is 0. The maximum atomic E-state index is 11.2. The average Bonchev–Trinajstić information content (AvgIpc) is 2.51. The van der Waals surface area contributed by atoms with Gasteiger partial charge in [0.1, 0.15) is 6.04 Å². The molecular weight excluding hydrogens is 184 g/mol. The summed E-state index contributed by atoms with van der Waals surface area (Å²) in [5.41, 5.74) is 0. The molecule has 1 unspecified atom stereocenters. The fraction of sp³-hybridized carbons (Fsp3) is 0.778. The van der Waals surface area contributed by atoms with E-state index in [1.54, 1.807) is 11.8 Å². The molecule has 1 amide bonds. The van der Waals surface area contributed by atoms with Gasteiger partial charge in [0.25, 0.3) is 0 Å². The Hall–Kier alpha value is -1.10. The van der Waals surface area contributed by atoms with Crippen LogP contribution in [0.25, 0.3) is 0 Å². The molecule has 1 saturated heterocycles. The third kappa shape index (κ3) is 2.99. The van der Waals surface area contributed by atoms with Crippen LogP contribution in [0.15, 0.2) is 0 Å². The molecule has 0 bridgehead atoms. The van der Waals surface area contributed by atoms with Gasteiger partial charge < -0.3 is 15.3 Å². The van der Waals surface area contributed by atoms with Crippen LogP contribution in [-0.4, -0.2) is 47.6 Å². The quantitative estimate of drug-likeness (QED) is 0.637. The van der Waals surface area contributed by atoms with Gasteiger partial charge >= 0.3 is 5.97 Å². The Morgan fingerprint density at radius 2 is 2.43 bits per heavy atom. The van der Waals surface area contributed by atoms with E-state index in [0.29, 0.717) is 19.5 Å². The molecule has 80 valence electrons. The summed E-state index contributed by atoms with van der Waals surface area (Å²) in [5, 5.41) is 11.4. The molecule has 0 spiro atoms. The molecule has 1 rings (SSSR count). The average molecular weight is 200 g/mol. The minimum Gasteiger partial charge on any atom is -0.480 e. The normalized spacial score (nSPS) is 18.6. The maximum Gasteiger partial charge on any atom is 0.320 e. The standard InChI is InChI=1S/C9H16N2O3/c1-7(9(13)14)10-4-6-11-5-2-3-8(11)12/h7,10H,2-6H2,1H3,(H,13,14). The van der Waals surface area contributed by atoms with Gasteiger partial charge in [0, 0.05) is 26.1 Å². The van der Waals surface area contributed by atoms with Gasteiger partial charge in [-0.1, -0.05) is 0 Å². The fourth-order valence-corrected chi connectivity index (χ4v) is 1.44. The molecule has 14 heavy (non-hydrogen) atoms. The highest BCUT2D eigenvalue weighted by molar-refractivity contribution is 5.78. The zero-order chi connectivity index (χ0) is 10.6. The maximum absolute atomic E-state index is 11.2. The molecule has 0 aromatic heterocycles. The summed E-state index contributed by atoms with van der Waals surface area (Å²) >= 11 is 0. The van der Waals surface area contributed by atoms with E-state index < -0.39 is 12.0 Å². The first-order valence-electron chi connectivity index (χ1n) is 4.85. The van der Waals surface area contributed by atoms with E-state index in [-0.39, 0.29) is 5.91 Å². The fourth-order valence-electron chi connectivity index (χ4n) is 1.44. The molecule has 0 aromatic carbocycles. The first-order chi connectivity index (χ1) is 6.61. The number of hydrogen-bond donors (Lipinski definition) is 2. The number of amides is 1. The Morgan fingerprint density at radius 1 is 1.71 bits per heavy atom. The van der Waals surface area contributed by atoms with E-state index in [1.165, 1.54) is 0 Å². The number of nitrogens with zero attached hydrogens (tertiary/aromatic N) is 1. The zero-order valence-corrected chi connectivity index (χ0v) is 8.32. The lowest BCUT2D eigenvalue weighted by molar-refractivity contribution is -0.138. The molecule has 0 radical (unpaired) electrons. The molecule has 1 aliphatic rings. The number of aliphatic carboxylic acids is 1. The molecule has 5 nitrogen and oxygen atoms in total. The number of rotatable bonds is 5. The highest BCUT2D eigenvalue weighted by atomic mass is 16.4. The number of carbonyl (C=O) groups is 2. The lowest BCUT2D eigenvalue weighted by atomic mass is 10.3. The molecule has 0 aliphatic carbocycles. The van der Waals surface area contributed by atoms with Crippen LogP contribution >= 0.6 is 0 Å². The smallest absolute Gasteiger partial charge is 0.320 e. The van der Waals surface area contributed by atoms with Crippen LogP contribution in [0.5, 0.6) is 0 Å². The van der Waals surface area contributed by atoms with Crippen molar-refractivity contribution < 1.29 is 14.7 Å². The molecule has 0 saturated carbocycles. The summed E-state index contributed by atoms with van der Waals surface area (Å²) in [4.78, 5) is 23.4. The van der Waals surface area contributed by atoms with Gasteiger partial charge in [-0.25, -0.2) is 0 Å². The second-order valence-corrected chi connectivity index (χ2v) is 3.50. The van der Waals surface area contributed by atoms with Gasteiger partial charge in [0.05, 0.1) is 0 Å². The zero-order valence-electron chi connectivity index (χ0n) is 8.32. The number of likely N-dealkylation sites (tertiary alicyclic amines) is 1. The molecule has 2 N–H and O–H groups in total. The van der Waals surface area contributed by atoms with Crippen molar-refractivity contribution in [3.05, 3.63) is 0 Å². The van der Waals surface area contributed by atoms with Crippen molar-refractivity contribution in [2.75, 3.05) is 19.6 Å². The van der Waals surface area contributed by atoms with Crippen molar-refractivity contribution in [2.24, 2.45) is 0 Å². The Balaban J connectivity index is 2.15. The first kappa shape index (κ1) is 11.0. The van der Waals surface area contributed by atoms with Gasteiger partial charge in [-0.2, -0.15) is 0 Å².